The highest BCUT2D eigenvalue weighted by Gasteiger charge is 2.26. The molecule has 7 heteroatoms. The SMILES string of the molecule is CCN(CCC(=O)OC)S(=O)(=O)NC(C)(C)C. The van der Waals surface area contributed by atoms with E-state index in [2.05, 4.69) is 9.46 Å². The summed E-state index contributed by atoms with van der Waals surface area (Å²) in [6, 6.07) is 0. The normalized spacial score (nSPS) is 12.8. The standard InChI is InChI=1S/C10H22N2O4S/c1-6-12(8-7-9(13)16-5)17(14,15)11-10(2,3)4/h11H,6-8H2,1-5H3. The van der Waals surface area contributed by atoms with Crippen LogP contribution < -0.4 is 4.72 Å². The van der Waals surface area contributed by atoms with Gasteiger partial charge < -0.3 is 4.74 Å². The van der Waals surface area contributed by atoms with E-state index in [9.17, 15) is 13.2 Å². The second kappa shape index (κ2) is 6.32. The molecule has 0 aromatic rings. The minimum absolute atomic E-state index is 0.0510. The van der Waals surface area contributed by atoms with Gasteiger partial charge in [0.15, 0.2) is 0 Å². The van der Waals surface area contributed by atoms with Gasteiger partial charge in [-0.15, -0.1) is 0 Å². The highest BCUT2D eigenvalue weighted by molar-refractivity contribution is 7.87. The van der Waals surface area contributed by atoms with Crippen molar-refractivity contribution in [2.75, 3.05) is 20.2 Å². The van der Waals surface area contributed by atoms with Crippen LogP contribution in [-0.2, 0) is 19.7 Å². The van der Waals surface area contributed by atoms with Gasteiger partial charge in [-0.3, -0.25) is 4.79 Å². The van der Waals surface area contributed by atoms with Gasteiger partial charge in [0.1, 0.15) is 0 Å². The lowest BCUT2D eigenvalue weighted by Gasteiger charge is -2.26. The van der Waals surface area contributed by atoms with Crippen LogP contribution in [0, 0.1) is 0 Å². The van der Waals surface area contributed by atoms with Gasteiger partial charge in [-0.2, -0.15) is 17.4 Å². The van der Waals surface area contributed by atoms with Crippen LogP contribution in [0.5, 0.6) is 0 Å². The fourth-order valence-corrected chi connectivity index (χ4v) is 2.79. The van der Waals surface area contributed by atoms with E-state index < -0.39 is 21.7 Å². The molecule has 0 atom stereocenters. The molecule has 6 nitrogen and oxygen atoms in total. The number of ether oxygens (including phenoxy) is 1. The molecule has 102 valence electrons. The highest BCUT2D eigenvalue weighted by Crippen LogP contribution is 2.07. The first-order valence-corrected chi connectivity index (χ1v) is 6.92. The summed E-state index contributed by atoms with van der Waals surface area (Å²) in [5.74, 6) is -0.422. The number of carbonyl (C=O) groups is 1. The third-order valence-corrected chi connectivity index (χ3v) is 3.91. The van der Waals surface area contributed by atoms with Gasteiger partial charge in [0.05, 0.1) is 13.5 Å². The molecular weight excluding hydrogens is 244 g/mol. The van der Waals surface area contributed by atoms with Crippen molar-refractivity contribution < 1.29 is 17.9 Å². The molecule has 0 aliphatic carbocycles. The van der Waals surface area contributed by atoms with E-state index in [0.29, 0.717) is 6.54 Å². The fraction of sp³-hybridized carbons (Fsp3) is 0.900. The maximum absolute atomic E-state index is 11.9. The average Bonchev–Trinajstić information content (AvgIpc) is 2.14. The third-order valence-electron chi connectivity index (χ3n) is 1.92. The first kappa shape index (κ1) is 16.3. The Labute approximate surface area is 104 Å². The molecule has 0 spiro atoms. The van der Waals surface area contributed by atoms with Crippen molar-refractivity contribution in [3.05, 3.63) is 0 Å². The molecule has 0 aliphatic heterocycles. The Morgan fingerprint density at radius 1 is 1.35 bits per heavy atom. The molecule has 0 bridgehead atoms. The molecule has 0 saturated heterocycles. The third kappa shape index (κ3) is 6.60. The van der Waals surface area contributed by atoms with E-state index in [1.807, 2.05) is 0 Å². The van der Waals surface area contributed by atoms with Crippen molar-refractivity contribution in [2.24, 2.45) is 0 Å². The molecule has 0 heterocycles. The van der Waals surface area contributed by atoms with Gasteiger partial charge >= 0.3 is 5.97 Å². The number of nitrogens with zero attached hydrogens (tertiary/aromatic N) is 1. The van der Waals surface area contributed by atoms with E-state index in [-0.39, 0.29) is 13.0 Å². The Balaban J connectivity index is 4.59. The number of hydrogen-bond donors (Lipinski definition) is 1. The van der Waals surface area contributed by atoms with Gasteiger partial charge in [0, 0.05) is 18.6 Å². The second-order valence-electron chi connectivity index (χ2n) is 4.67. The van der Waals surface area contributed by atoms with Crippen molar-refractivity contribution in [3.8, 4) is 0 Å². The predicted octanol–water partition coefficient (Wildman–Crippen LogP) is 0.504. The van der Waals surface area contributed by atoms with Crippen LogP contribution in [0.2, 0.25) is 0 Å². The van der Waals surface area contributed by atoms with E-state index in [0.717, 1.165) is 0 Å². The Morgan fingerprint density at radius 3 is 2.24 bits per heavy atom. The molecule has 0 unspecified atom stereocenters. The molecule has 0 rings (SSSR count). The maximum Gasteiger partial charge on any atom is 0.306 e. The van der Waals surface area contributed by atoms with Gasteiger partial charge in [-0.1, -0.05) is 6.92 Å². The molecule has 0 aromatic carbocycles. The Bertz CT molecular complexity index is 346. The molecule has 0 radical (unpaired) electrons. The van der Waals surface area contributed by atoms with Crippen molar-refractivity contribution in [3.63, 3.8) is 0 Å². The molecule has 0 aliphatic rings. The van der Waals surface area contributed by atoms with Gasteiger partial charge in [-0.05, 0) is 20.8 Å². The Morgan fingerprint density at radius 2 is 1.88 bits per heavy atom. The number of esters is 1. The lowest BCUT2D eigenvalue weighted by atomic mass is 10.1. The zero-order valence-corrected chi connectivity index (χ0v) is 11.9. The monoisotopic (exact) mass is 266 g/mol. The summed E-state index contributed by atoms with van der Waals surface area (Å²) in [5, 5.41) is 0. The summed E-state index contributed by atoms with van der Waals surface area (Å²) in [5.41, 5.74) is -0.544. The topological polar surface area (TPSA) is 75.7 Å². The van der Waals surface area contributed by atoms with Crippen LogP contribution >= 0.6 is 0 Å². The van der Waals surface area contributed by atoms with E-state index in [1.165, 1.54) is 11.4 Å². The highest BCUT2D eigenvalue weighted by atomic mass is 32.2. The first-order chi connectivity index (χ1) is 7.62. The minimum Gasteiger partial charge on any atom is -0.469 e. The zero-order chi connectivity index (χ0) is 13.7. The van der Waals surface area contributed by atoms with Crippen LogP contribution in [0.1, 0.15) is 34.1 Å². The molecule has 0 aromatic heterocycles. The van der Waals surface area contributed by atoms with Gasteiger partial charge in [-0.25, -0.2) is 0 Å². The molecule has 0 saturated carbocycles. The second-order valence-corrected chi connectivity index (χ2v) is 6.35. The summed E-state index contributed by atoms with van der Waals surface area (Å²) in [4.78, 5) is 11.0. The van der Waals surface area contributed by atoms with Gasteiger partial charge in [0.2, 0.25) is 0 Å². The van der Waals surface area contributed by atoms with Crippen LogP contribution in [0.4, 0.5) is 0 Å². The Kier molecular flexibility index (Phi) is 6.08. The van der Waals surface area contributed by atoms with Crippen LogP contribution in [-0.4, -0.2) is 44.4 Å². The largest absolute Gasteiger partial charge is 0.469 e. The average molecular weight is 266 g/mol. The number of rotatable bonds is 6. The smallest absolute Gasteiger partial charge is 0.306 e. The maximum atomic E-state index is 11.9. The van der Waals surface area contributed by atoms with Crippen molar-refractivity contribution >= 4 is 16.2 Å². The summed E-state index contributed by atoms with van der Waals surface area (Å²) < 4.78 is 32.1. The minimum atomic E-state index is -3.56. The summed E-state index contributed by atoms with van der Waals surface area (Å²) in [6.07, 6.45) is 0.0510. The Hall–Kier alpha value is -0.660. The summed E-state index contributed by atoms with van der Waals surface area (Å²) >= 11 is 0. The molecule has 17 heavy (non-hydrogen) atoms. The van der Waals surface area contributed by atoms with E-state index in [4.69, 9.17) is 0 Å². The van der Waals surface area contributed by atoms with Crippen molar-refractivity contribution in [1.29, 1.82) is 0 Å². The van der Waals surface area contributed by atoms with Gasteiger partial charge in [0.25, 0.3) is 10.2 Å². The van der Waals surface area contributed by atoms with E-state index >= 15 is 0 Å². The number of carbonyl (C=O) groups excluding carboxylic acids is 1. The lowest BCUT2D eigenvalue weighted by Crippen LogP contribution is -2.49. The number of nitrogens with one attached hydrogen (secondary N) is 1. The number of hydrogen-bond acceptors (Lipinski definition) is 4. The predicted molar refractivity (Wildman–Crippen MR) is 65.7 cm³/mol. The summed E-state index contributed by atoms with van der Waals surface area (Å²) in [6.45, 7) is 7.44. The molecule has 0 amide bonds. The first-order valence-electron chi connectivity index (χ1n) is 5.48. The molecule has 0 fully saturated rings. The lowest BCUT2D eigenvalue weighted by molar-refractivity contribution is -0.140. The van der Waals surface area contributed by atoms with E-state index in [1.54, 1.807) is 27.7 Å². The van der Waals surface area contributed by atoms with Crippen molar-refractivity contribution in [2.45, 2.75) is 39.7 Å². The number of methoxy groups -OCH3 is 1. The quantitative estimate of drug-likeness (QED) is 0.711. The molecular formula is C10H22N2O4S. The molecule has 1 N–H and O–H groups in total. The van der Waals surface area contributed by atoms with Crippen LogP contribution in [0.15, 0.2) is 0 Å². The summed E-state index contributed by atoms with van der Waals surface area (Å²) in [7, 11) is -2.28. The van der Waals surface area contributed by atoms with Crippen molar-refractivity contribution in [1.82, 2.24) is 9.03 Å². The fourth-order valence-electron chi connectivity index (χ4n) is 1.22. The van der Waals surface area contributed by atoms with Crippen LogP contribution in [0.3, 0.4) is 0 Å². The zero-order valence-electron chi connectivity index (χ0n) is 11.1. The van der Waals surface area contributed by atoms with Crippen LogP contribution in [0.25, 0.3) is 0 Å².